The van der Waals surface area contributed by atoms with E-state index in [4.69, 9.17) is 25.7 Å². The van der Waals surface area contributed by atoms with Crippen LogP contribution in [-0.4, -0.2) is 43.8 Å². The standard InChI is InChI=1S/C15H23N5O3/c1-15(2)19-13(16)18-14(17)20(15)8-9-6-10(21-3)12(23-5)11(7-9)22-4/h6-7H,8H2,1-5H3,(H4,16,17,18,19). The normalized spacial score (nSPS) is 16.5. The first-order valence-electron chi connectivity index (χ1n) is 7.08. The van der Waals surface area contributed by atoms with E-state index in [9.17, 15) is 0 Å². The molecule has 8 nitrogen and oxygen atoms in total. The Morgan fingerprint density at radius 3 is 2.04 bits per heavy atom. The summed E-state index contributed by atoms with van der Waals surface area (Å²) in [5.41, 5.74) is 12.0. The fraction of sp³-hybridized carbons (Fsp3) is 0.467. The Morgan fingerprint density at radius 2 is 1.61 bits per heavy atom. The summed E-state index contributed by atoms with van der Waals surface area (Å²) in [5, 5.41) is 0. The van der Waals surface area contributed by atoms with Crippen molar-refractivity contribution < 1.29 is 14.2 Å². The molecule has 0 saturated carbocycles. The molecule has 0 fully saturated rings. The van der Waals surface area contributed by atoms with Crippen LogP contribution in [0.15, 0.2) is 22.1 Å². The predicted molar refractivity (Wildman–Crippen MR) is 89.0 cm³/mol. The van der Waals surface area contributed by atoms with Gasteiger partial charge in [0.1, 0.15) is 5.66 Å². The summed E-state index contributed by atoms with van der Waals surface area (Å²) in [6, 6.07) is 3.73. The van der Waals surface area contributed by atoms with Crippen molar-refractivity contribution in [3.63, 3.8) is 0 Å². The first-order valence-corrected chi connectivity index (χ1v) is 7.08. The predicted octanol–water partition coefficient (Wildman–Crippen LogP) is 0.894. The maximum atomic E-state index is 6.02. The first-order chi connectivity index (χ1) is 10.8. The molecule has 0 atom stereocenters. The maximum absolute atomic E-state index is 6.02. The highest BCUT2D eigenvalue weighted by Crippen LogP contribution is 2.39. The summed E-state index contributed by atoms with van der Waals surface area (Å²) < 4.78 is 16.1. The number of aliphatic imine (C=N–C) groups is 2. The summed E-state index contributed by atoms with van der Waals surface area (Å²) in [6.07, 6.45) is 0. The van der Waals surface area contributed by atoms with Crippen molar-refractivity contribution in [2.45, 2.75) is 26.1 Å². The molecule has 0 bridgehead atoms. The highest BCUT2D eigenvalue weighted by Gasteiger charge is 2.32. The Kier molecular flexibility index (Phi) is 4.53. The second-order valence-electron chi connectivity index (χ2n) is 5.55. The molecular formula is C15H23N5O3. The van der Waals surface area contributed by atoms with Gasteiger partial charge in [-0.1, -0.05) is 0 Å². The summed E-state index contributed by atoms with van der Waals surface area (Å²) in [6.45, 7) is 4.30. The monoisotopic (exact) mass is 321 g/mol. The van der Waals surface area contributed by atoms with Gasteiger partial charge in [0.15, 0.2) is 11.5 Å². The molecule has 0 amide bonds. The average Bonchev–Trinajstić information content (AvgIpc) is 2.49. The quantitative estimate of drug-likeness (QED) is 0.834. The first kappa shape index (κ1) is 16.7. The van der Waals surface area contributed by atoms with Gasteiger partial charge in [-0.15, -0.1) is 0 Å². The number of hydrogen-bond acceptors (Lipinski definition) is 8. The lowest BCUT2D eigenvalue weighted by Gasteiger charge is -2.38. The molecule has 2 rings (SSSR count). The SMILES string of the molecule is COc1cc(CN2C(N)=NC(N)=NC2(C)C)cc(OC)c1OC. The summed E-state index contributed by atoms with van der Waals surface area (Å²) in [5.74, 6) is 2.19. The van der Waals surface area contributed by atoms with Gasteiger partial charge in [0, 0.05) is 6.54 Å². The van der Waals surface area contributed by atoms with Gasteiger partial charge in [-0.2, -0.15) is 4.99 Å². The Balaban J connectivity index is 2.39. The maximum Gasteiger partial charge on any atom is 0.220 e. The van der Waals surface area contributed by atoms with Crippen molar-refractivity contribution in [3.05, 3.63) is 17.7 Å². The Morgan fingerprint density at radius 1 is 1.04 bits per heavy atom. The van der Waals surface area contributed by atoms with Crippen LogP contribution in [0.3, 0.4) is 0 Å². The zero-order valence-electron chi connectivity index (χ0n) is 14.1. The molecule has 1 heterocycles. The van der Waals surface area contributed by atoms with Crippen LogP contribution in [0.25, 0.3) is 0 Å². The fourth-order valence-corrected chi connectivity index (χ4v) is 2.51. The van der Waals surface area contributed by atoms with Gasteiger partial charge < -0.3 is 30.6 Å². The van der Waals surface area contributed by atoms with Crippen LogP contribution in [-0.2, 0) is 6.54 Å². The number of hydrogen-bond donors (Lipinski definition) is 2. The van der Waals surface area contributed by atoms with Gasteiger partial charge in [0.2, 0.25) is 17.7 Å². The van der Waals surface area contributed by atoms with E-state index in [1.54, 1.807) is 21.3 Å². The number of ether oxygens (including phenoxy) is 3. The Labute approximate surface area is 135 Å². The minimum atomic E-state index is -0.601. The lowest BCUT2D eigenvalue weighted by Crippen LogP contribution is -2.53. The van der Waals surface area contributed by atoms with Crippen LogP contribution in [0.2, 0.25) is 0 Å². The lowest BCUT2D eigenvalue weighted by atomic mass is 10.1. The van der Waals surface area contributed by atoms with Crippen molar-refractivity contribution in [3.8, 4) is 17.2 Å². The van der Waals surface area contributed by atoms with E-state index in [1.807, 2.05) is 30.9 Å². The van der Waals surface area contributed by atoms with E-state index in [0.29, 0.717) is 29.8 Å². The van der Waals surface area contributed by atoms with Crippen LogP contribution in [0, 0.1) is 0 Å². The molecule has 1 aromatic carbocycles. The molecule has 0 radical (unpaired) electrons. The van der Waals surface area contributed by atoms with E-state index in [-0.39, 0.29) is 5.96 Å². The van der Waals surface area contributed by atoms with E-state index in [1.165, 1.54) is 0 Å². The number of nitrogens with two attached hydrogens (primary N) is 2. The van der Waals surface area contributed by atoms with Crippen molar-refractivity contribution in [2.75, 3.05) is 21.3 Å². The zero-order valence-corrected chi connectivity index (χ0v) is 14.1. The molecule has 4 N–H and O–H groups in total. The van der Waals surface area contributed by atoms with E-state index in [0.717, 1.165) is 5.56 Å². The largest absolute Gasteiger partial charge is 0.493 e. The molecule has 0 aliphatic carbocycles. The third-order valence-electron chi connectivity index (χ3n) is 3.62. The van der Waals surface area contributed by atoms with Gasteiger partial charge in [-0.05, 0) is 31.5 Å². The summed E-state index contributed by atoms with van der Waals surface area (Å²) in [4.78, 5) is 10.2. The van der Waals surface area contributed by atoms with Crippen LogP contribution in [0.4, 0.5) is 0 Å². The van der Waals surface area contributed by atoms with Crippen LogP contribution >= 0.6 is 0 Å². The van der Waals surface area contributed by atoms with Crippen molar-refractivity contribution in [1.29, 1.82) is 0 Å². The molecule has 126 valence electrons. The molecule has 0 spiro atoms. The van der Waals surface area contributed by atoms with Gasteiger partial charge in [0.05, 0.1) is 21.3 Å². The van der Waals surface area contributed by atoms with E-state index < -0.39 is 5.66 Å². The Hall–Kier alpha value is -2.64. The van der Waals surface area contributed by atoms with Crippen LogP contribution < -0.4 is 25.7 Å². The topological polar surface area (TPSA) is 108 Å². The average molecular weight is 321 g/mol. The van der Waals surface area contributed by atoms with Crippen LogP contribution in [0.5, 0.6) is 17.2 Å². The van der Waals surface area contributed by atoms with Gasteiger partial charge in [-0.25, -0.2) is 4.99 Å². The minimum Gasteiger partial charge on any atom is -0.493 e. The second-order valence-corrected chi connectivity index (χ2v) is 5.55. The van der Waals surface area contributed by atoms with Crippen molar-refractivity contribution in [2.24, 2.45) is 21.5 Å². The lowest BCUT2D eigenvalue weighted by molar-refractivity contribution is 0.209. The molecule has 0 saturated heterocycles. The van der Waals surface area contributed by atoms with Crippen molar-refractivity contribution in [1.82, 2.24) is 4.90 Å². The molecule has 1 aromatic rings. The number of nitrogens with zero attached hydrogens (tertiary/aromatic N) is 3. The molecule has 23 heavy (non-hydrogen) atoms. The highest BCUT2D eigenvalue weighted by atomic mass is 16.5. The fourth-order valence-electron chi connectivity index (χ4n) is 2.51. The third kappa shape index (κ3) is 3.25. The third-order valence-corrected chi connectivity index (χ3v) is 3.62. The molecule has 1 aliphatic heterocycles. The number of rotatable bonds is 5. The highest BCUT2D eigenvalue weighted by molar-refractivity contribution is 5.95. The number of benzene rings is 1. The van der Waals surface area contributed by atoms with E-state index >= 15 is 0 Å². The molecule has 8 heteroatoms. The summed E-state index contributed by atoms with van der Waals surface area (Å²) in [7, 11) is 4.72. The molecular weight excluding hydrogens is 298 g/mol. The molecule has 0 unspecified atom stereocenters. The van der Waals surface area contributed by atoms with Crippen LogP contribution in [0.1, 0.15) is 19.4 Å². The zero-order chi connectivity index (χ0) is 17.2. The number of methoxy groups -OCH3 is 3. The van der Waals surface area contributed by atoms with E-state index in [2.05, 4.69) is 9.98 Å². The minimum absolute atomic E-state index is 0.175. The second kappa shape index (κ2) is 6.23. The summed E-state index contributed by atoms with van der Waals surface area (Å²) >= 11 is 0. The van der Waals surface area contributed by atoms with Gasteiger partial charge >= 0.3 is 0 Å². The van der Waals surface area contributed by atoms with Crippen molar-refractivity contribution >= 4 is 11.9 Å². The smallest absolute Gasteiger partial charge is 0.220 e. The van der Waals surface area contributed by atoms with Gasteiger partial charge in [-0.3, -0.25) is 0 Å². The van der Waals surface area contributed by atoms with Gasteiger partial charge in [0.25, 0.3) is 0 Å². The number of guanidine groups is 2. The molecule has 0 aromatic heterocycles. The molecule has 1 aliphatic rings. The Bertz CT molecular complexity index is 630.